The molecule has 0 radical (unpaired) electrons. The molecule has 2 amide bonds. The molecule has 0 aliphatic heterocycles. The molecule has 0 heterocycles. The van der Waals surface area contributed by atoms with Gasteiger partial charge in [0, 0.05) is 20.0 Å². The number of carbonyl (C=O) groups is 2. The highest BCUT2D eigenvalue weighted by molar-refractivity contribution is 5.83. The molecule has 0 bridgehead atoms. The van der Waals surface area contributed by atoms with E-state index in [-0.39, 0.29) is 18.4 Å². The number of hydrogen-bond donors (Lipinski definition) is 1. The maximum Gasteiger partial charge on any atom is 0.239 e. The Morgan fingerprint density at radius 2 is 1.79 bits per heavy atom. The van der Waals surface area contributed by atoms with E-state index in [0.29, 0.717) is 13.1 Å². The first-order valence-electron chi connectivity index (χ1n) is 8.22. The van der Waals surface area contributed by atoms with Gasteiger partial charge < -0.3 is 19.9 Å². The summed E-state index contributed by atoms with van der Waals surface area (Å²) in [5, 5.41) is 2.87. The van der Waals surface area contributed by atoms with Crippen LogP contribution in [-0.4, -0.2) is 69.0 Å². The van der Waals surface area contributed by atoms with Crippen molar-refractivity contribution in [1.82, 2.24) is 15.1 Å². The highest BCUT2D eigenvalue weighted by atomic mass is 16.5. The van der Waals surface area contributed by atoms with Crippen molar-refractivity contribution in [1.29, 1.82) is 0 Å². The number of methoxy groups -OCH3 is 1. The fraction of sp³-hybridized carbons (Fsp3) is 0.556. The van der Waals surface area contributed by atoms with Crippen LogP contribution in [0.25, 0.3) is 0 Å². The van der Waals surface area contributed by atoms with Crippen LogP contribution in [-0.2, 0) is 16.0 Å². The molecule has 0 spiro atoms. The zero-order valence-corrected chi connectivity index (χ0v) is 15.2. The second kappa shape index (κ2) is 10.6. The Kier molecular flexibility index (Phi) is 8.86. The zero-order chi connectivity index (χ0) is 17.9. The monoisotopic (exact) mass is 335 g/mol. The molecule has 24 heavy (non-hydrogen) atoms. The van der Waals surface area contributed by atoms with Gasteiger partial charge in [0.05, 0.1) is 13.7 Å². The quantitative estimate of drug-likeness (QED) is 0.697. The molecule has 6 heteroatoms. The molecule has 1 N–H and O–H groups in total. The summed E-state index contributed by atoms with van der Waals surface area (Å²) in [7, 11) is 5.61. The summed E-state index contributed by atoms with van der Waals surface area (Å²) in [6.07, 6.45) is 1.60. The lowest BCUT2D eigenvalue weighted by atomic mass is 10.1. The van der Waals surface area contributed by atoms with Crippen molar-refractivity contribution >= 4 is 11.8 Å². The van der Waals surface area contributed by atoms with Gasteiger partial charge in [-0.05, 0) is 51.2 Å². The molecule has 0 atom stereocenters. The molecule has 0 saturated carbocycles. The van der Waals surface area contributed by atoms with Crippen LogP contribution in [0.4, 0.5) is 0 Å². The smallest absolute Gasteiger partial charge is 0.239 e. The first kappa shape index (κ1) is 20.0. The number of nitrogens with zero attached hydrogens (tertiary/aromatic N) is 2. The van der Waals surface area contributed by atoms with Gasteiger partial charge in [0.15, 0.2) is 0 Å². The molecular formula is C18H29N3O3. The van der Waals surface area contributed by atoms with E-state index in [9.17, 15) is 9.59 Å². The lowest BCUT2D eigenvalue weighted by Gasteiger charge is -2.21. The lowest BCUT2D eigenvalue weighted by Crippen LogP contribution is -2.41. The maximum atomic E-state index is 12.0. The van der Waals surface area contributed by atoms with Crippen molar-refractivity contribution in [2.24, 2.45) is 0 Å². The Bertz CT molecular complexity index is 515. The van der Waals surface area contributed by atoms with Crippen molar-refractivity contribution < 1.29 is 14.3 Å². The van der Waals surface area contributed by atoms with Crippen LogP contribution < -0.4 is 10.1 Å². The van der Waals surface area contributed by atoms with Crippen molar-refractivity contribution in [2.75, 3.05) is 47.4 Å². The van der Waals surface area contributed by atoms with Crippen molar-refractivity contribution in [3.63, 3.8) is 0 Å². The van der Waals surface area contributed by atoms with E-state index < -0.39 is 0 Å². The SMILES string of the molecule is COc1ccc(CCNC(=O)CN(CCCN(C)C)C(C)=O)cc1. The van der Waals surface area contributed by atoms with Gasteiger partial charge in [-0.1, -0.05) is 12.1 Å². The number of rotatable bonds is 10. The predicted molar refractivity (Wildman–Crippen MR) is 95.1 cm³/mol. The average Bonchev–Trinajstić information content (AvgIpc) is 2.54. The number of nitrogens with one attached hydrogen (secondary N) is 1. The van der Waals surface area contributed by atoms with Gasteiger partial charge in [-0.3, -0.25) is 9.59 Å². The maximum absolute atomic E-state index is 12.0. The minimum absolute atomic E-state index is 0.0703. The molecule has 1 aromatic rings. The van der Waals surface area contributed by atoms with E-state index in [0.717, 1.165) is 30.7 Å². The standard InChI is InChI=1S/C18H29N3O3/c1-15(22)21(13-5-12-20(2)3)14-18(23)19-11-10-16-6-8-17(24-4)9-7-16/h6-9H,5,10-14H2,1-4H3,(H,19,23). The Labute approximate surface area is 144 Å². The Morgan fingerprint density at radius 3 is 2.33 bits per heavy atom. The van der Waals surface area contributed by atoms with Crippen LogP contribution in [0.5, 0.6) is 5.75 Å². The van der Waals surface area contributed by atoms with Crippen LogP contribution in [0.3, 0.4) is 0 Å². The van der Waals surface area contributed by atoms with E-state index in [1.165, 1.54) is 6.92 Å². The van der Waals surface area contributed by atoms with E-state index >= 15 is 0 Å². The van der Waals surface area contributed by atoms with E-state index in [2.05, 4.69) is 10.2 Å². The van der Waals surface area contributed by atoms with E-state index in [4.69, 9.17) is 4.74 Å². The summed E-state index contributed by atoms with van der Waals surface area (Å²) < 4.78 is 5.11. The number of amides is 2. The van der Waals surface area contributed by atoms with Crippen LogP contribution in [0.2, 0.25) is 0 Å². The van der Waals surface area contributed by atoms with E-state index in [1.807, 2.05) is 38.4 Å². The molecule has 0 saturated heterocycles. The third-order valence-electron chi connectivity index (χ3n) is 3.71. The number of benzene rings is 1. The summed E-state index contributed by atoms with van der Waals surface area (Å²) in [4.78, 5) is 27.3. The highest BCUT2D eigenvalue weighted by Gasteiger charge is 2.13. The van der Waals surface area contributed by atoms with Gasteiger partial charge in [0.1, 0.15) is 5.75 Å². The van der Waals surface area contributed by atoms with Crippen molar-refractivity contribution in [3.05, 3.63) is 29.8 Å². The van der Waals surface area contributed by atoms with Crippen LogP contribution >= 0.6 is 0 Å². The Hall–Kier alpha value is -2.08. The molecule has 0 aromatic heterocycles. The lowest BCUT2D eigenvalue weighted by molar-refractivity contribution is -0.134. The number of hydrogen-bond acceptors (Lipinski definition) is 4. The molecule has 134 valence electrons. The number of carbonyl (C=O) groups excluding carboxylic acids is 2. The molecule has 0 aliphatic rings. The van der Waals surface area contributed by atoms with E-state index in [1.54, 1.807) is 12.0 Å². The van der Waals surface area contributed by atoms with Gasteiger partial charge in [-0.15, -0.1) is 0 Å². The highest BCUT2D eigenvalue weighted by Crippen LogP contribution is 2.11. The normalized spacial score (nSPS) is 10.5. The fourth-order valence-electron chi connectivity index (χ4n) is 2.29. The molecular weight excluding hydrogens is 306 g/mol. The van der Waals surface area contributed by atoms with Crippen molar-refractivity contribution in [3.8, 4) is 5.75 Å². The van der Waals surface area contributed by atoms with Gasteiger partial charge >= 0.3 is 0 Å². The second-order valence-electron chi connectivity index (χ2n) is 6.05. The third-order valence-corrected chi connectivity index (χ3v) is 3.71. The summed E-state index contributed by atoms with van der Waals surface area (Å²) in [6.45, 7) is 3.66. The molecule has 1 rings (SSSR count). The average molecular weight is 335 g/mol. The molecule has 1 aromatic carbocycles. The topological polar surface area (TPSA) is 61.9 Å². The Balaban J connectivity index is 2.32. The predicted octanol–water partition coefficient (Wildman–Crippen LogP) is 1.15. The fourth-order valence-corrected chi connectivity index (χ4v) is 2.29. The van der Waals surface area contributed by atoms with Gasteiger partial charge in [0.25, 0.3) is 0 Å². The Morgan fingerprint density at radius 1 is 1.12 bits per heavy atom. The molecule has 6 nitrogen and oxygen atoms in total. The zero-order valence-electron chi connectivity index (χ0n) is 15.2. The summed E-state index contributed by atoms with van der Waals surface area (Å²) in [5.41, 5.74) is 1.13. The summed E-state index contributed by atoms with van der Waals surface area (Å²) >= 11 is 0. The summed E-state index contributed by atoms with van der Waals surface area (Å²) in [5.74, 6) is 0.625. The van der Waals surface area contributed by atoms with Crippen molar-refractivity contribution in [2.45, 2.75) is 19.8 Å². The van der Waals surface area contributed by atoms with Gasteiger partial charge in [-0.25, -0.2) is 0 Å². The van der Waals surface area contributed by atoms with Crippen LogP contribution in [0, 0.1) is 0 Å². The number of ether oxygens (including phenoxy) is 1. The first-order valence-corrected chi connectivity index (χ1v) is 8.22. The van der Waals surface area contributed by atoms with Gasteiger partial charge in [-0.2, -0.15) is 0 Å². The first-order chi connectivity index (χ1) is 11.4. The van der Waals surface area contributed by atoms with Crippen LogP contribution in [0.15, 0.2) is 24.3 Å². The molecule has 0 aliphatic carbocycles. The minimum Gasteiger partial charge on any atom is -0.497 e. The third kappa shape index (κ3) is 7.97. The second-order valence-corrected chi connectivity index (χ2v) is 6.05. The summed E-state index contributed by atoms with van der Waals surface area (Å²) in [6, 6.07) is 7.76. The van der Waals surface area contributed by atoms with Crippen LogP contribution in [0.1, 0.15) is 18.9 Å². The van der Waals surface area contributed by atoms with Gasteiger partial charge in [0.2, 0.25) is 11.8 Å². The molecule has 0 unspecified atom stereocenters. The largest absolute Gasteiger partial charge is 0.497 e. The minimum atomic E-state index is -0.122. The molecule has 0 fully saturated rings.